The minimum absolute atomic E-state index is 0.0786. The molecule has 8 nitrogen and oxygen atoms in total. The Morgan fingerprint density at radius 2 is 0.873 bits per heavy atom. The molecule has 55 heavy (non-hydrogen) atoms. The summed E-state index contributed by atoms with van der Waals surface area (Å²) in [6.45, 7) is 4.91. The zero-order valence-electron chi connectivity index (χ0n) is 37.4. The van der Waals surface area contributed by atoms with Crippen molar-refractivity contribution < 1.29 is 32.9 Å². The maximum Gasteiger partial charge on any atom is 0.472 e. The first-order chi connectivity index (χ1) is 26.5. The highest BCUT2D eigenvalue weighted by molar-refractivity contribution is 7.47. The third-order valence-electron chi connectivity index (χ3n) is 11.1. The van der Waals surface area contributed by atoms with Crippen molar-refractivity contribution >= 4 is 13.7 Å². The number of nitrogens with one attached hydrogen (secondary N) is 1. The zero-order chi connectivity index (χ0) is 40.7. The second-order valence-electron chi connectivity index (χ2n) is 17.9. The van der Waals surface area contributed by atoms with E-state index in [4.69, 9.17) is 9.05 Å². The summed E-state index contributed by atoms with van der Waals surface area (Å²) in [5, 5.41) is 14.0. The van der Waals surface area contributed by atoms with Gasteiger partial charge in [0.2, 0.25) is 5.91 Å². The molecule has 0 rings (SSSR count). The Bertz CT molecular complexity index is 870. The van der Waals surface area contributed by atoms with Crippen LogP contribution in [0.15, 0.2) is 0 Å². The topological polar surface area (TPSA) is 105 Å². The number of amides is 1. The van der Waals surface area contributed by atoms with Crippen molar-refractivity contribution in [3.63, 3.8) is 0 Å². The van der Waals surface area contributed by atoms with Gasteiger partial charge in [-0.1, -0.05) is 219 Å². The summed E-state index contributed by atoms with van der Waals surface area (Å²) in [5.41, 5.74) is 0. The van der Waals surface area contributed by atoms with Crippen LogP contribution in [-0.4, -0.2) is 73.4 Å². The van der Waals surface area contributed by atoms with Gasteiger partial charge >= 0.3 is 7.82 Å². The van der Waals surface area contributed by atoms with Gasteiger partial charge in [-0.3, -0.25) is 13.8 Å². The van der Waals surface area contributed by atoms with Gasteiger partial charge in [0, 0.05) is 6.42 Å². The molecule has 1 unspecified atom stereocenters. The Kier molecular flexibility index (Phi) is 38.6. The molecule has 0 aliphatic rings. The molecule has 3 atom stereocenters. The standard InChI is InChI=1S/C46H95N2O6P/c1-6-8-10-12-14-16-18-20-21-22-23-24-25-26-27-28-30-32-34-36-38-40-46(50)47-44(43-54-55(51,52)53-42-41-48(3,4)5)45(49)39-37-35-33-31-29-19-17-15-13-11-9-7-2/h44-45,49H,6-43H2,1-5H3,(H-,47,50,51,52)/p+1/t44-,45+/m0/s1. The molecule has 0 saturated carbocycles. The minimum atomic E-state index is -4.31. The van der Waals surface area contributed by atoms with Crippen molar-refractivity contribution in [1.29, 1.82) is 0 Å². The first kappa shape index (κ1) is 54.5. The van der Waals surface area contributed by atoms with E-state index in [1.165, 1.54) is 173 Å². The summed E-state index contributed by atoms with van der Waals surface area (Å²) < 4.78 is 23.6. The van der Waals surface area contributed by atoms with Crippen molar-refractivity contribution in [2.75, 3.05) is 40.9 Å². The fourth-order valence-electron chi connectivity index (χ4n) is 7.28. The van der Waals surface area contributed by atoms with Crippen LogP contribution < -0.4 is 5.32 Å². The third kappa shape index (κ3) is 41.5. The molecule has 3 N–H and O–H groups in total. The van der Waals surface area contributed by atoms with E-state index in [0.717, 1.165) is 38.5 Å². The highest BCUT2D eigenvalue weighted by Crippen LogP contribution is 2.43. The molecule has 0 saturated heterocycles. The van der Waals surface area contributed by atoms with E-state index in [1.807, 2.05) is 21.1 Å². The number of phosphoric ester groups is 1. The zero-order valence-corrected chi connectivity index (χ0v) is 38.3. The van der Waals surface area contributed by atoms with E-state index in [-0.39, 0.29) is 19.1 Å². The molecule has 9 heteroatoms. The van der Waals surface area contributed by atoms with Crippen molar-refractivity contribution in [3.05, 3.63) is 0 Å². The van der Waals surface area contributed by atoms with Gasteiger partial charge < -0.3 is 19.8 Å². The largest absolute Gasteiger partial charge is 0.472 e. The highest BCUT2D eigenvalue weighted by Gasteiger charge is 2.28. The van der Waals surface area contributed by atoms with Crippen LogP contribution >= 0.6 is 7.82 Å². The fraction of sp³-hybridized carbons (Fsp3) is 0.978. The number of aliphatic hydroxyl groups excluding tert-OH is 1. The van der Waals surface area contributed by atoms with Crippen LogP contribution in [0.2, 0.25) is 0 Å². The number of hydrogen-bond donors (Lipinski definition) is 3. The van der Waals surface area contributed by atoms with Gasteiger partial charge in [0.15, 0.2) is 0 Å². The lowest BCUT2D eigenvalue weighted by atomic mass is 10.0. The van der Waals surface area contributed by atoms with Gasteiger partial charge in [-0.15, -0.1) is 0 Å². The van der Waals surface area contributed by atoms with Crippen LogP contribution in [0, 0.1) is 0 Å². The number of nitrogens with zero attached hydrogens (tertiary/aromatic N) is 1. The van der Waals surface area contributed by atoms with Gasteiger partial charge in [-0.05, 0) is 12.8 Å². The van der Waals surface area contributed by atoms with Crippen LogP contribution in [0.1, 0.15) is 239 Å². The molecule has 0 radical (unpaired) electrons. The SMILES string of the molecule is CCCCCCCCCCCCCCCCCCCCCCCC(=O)N[C@@H](COP(=O)(O)OCC[N+](C)(C)C)[C@H](O)CCCCCCCCCCCCCC. The molecule has 0 aromatic heterocycles. The molecule has 0 aliphatic heterocycles. The Hall–Kier alpha value is -0.500. The van der Waals surface area contributed by atoms with Crippen LogP contribution in [0.3, 0.4) is 0 Å². The van der Waals surface area contributed by atoms with Gasteiger partial charge in [-0.2, -0.15) is 0 Å². The molecule has 1 amide bonds. The molecular formula is C46H96N2O6P+. The highest BCUT2D eigenvalue weighted by atomic mass is 31.2. The maximum absolute atomic E-state index is 12.9. The van der Waals surface area contributed by atoms with Gasteiger partial charge in [-0.25, -0.2) is 4.57 Å². The number of rotatable bonds is 44. The second kappa shape index (κ2) is 39.0. The number of likely N-dealkylation sites (N-methyl/N-ethyl adjacent to an activating group) is 1. The fourth-order valence-corrected chi connectivity index (χ4v) is 8.02. The molecular weight excluding hydrogens is 707 g/mol. The Balaban J connectivity index is 4.20. The number of aliphatic hydroxyl groups is 1. The van der Waals surface area contributed by atoms with Crippen molar-refractivity contribution in [3.8, 4) is 0 Å². The number of carbonyl (C=O) groups is 1. The number of phosphoric acid groups is 1. The monoisotopic (exact) mass is 804 g/mol. The van der Waals surface area contributed by atoms with Crippen LogP contribution in [0.4, 0.5) is 0 Å². The maximum atomic E-state index is 12.9. The summed E-state index contributed by atoms with van der Waals surface area (Å²) in [4.78, 5) is 23.2. The van der Waals surface area contributed by atoms with Crippen molar-refractivity contribution in [2.24, 2.45) is 0 Å². The minimum Gasteiger partial charge on any atom is -0.391 e. The molecule has 0 heterocycles. The molecule has 0 aromatic carbocycles. The summed E-state index contributed by atoms with van der Waals surface area (Å²) in [5.74, 6) is -0.140. The van der Waals surface area contributed by atoms with E-state index in [1.54, 1.807) is 0 Å². The van der Waals surface area contributed by atoms with E-state index in [9.17, 15) is 19.4 Å². The van der Waals surface area contributed by atoms with Gasteiger partial charge in [0.1, 0.15) is 13.2 Å². The lowest BCUT2D eigenvalue weighted by molar-refractivity contribution is -0.870. The van der Waals surface area contributed by atoms with E-state index >= 15 is 0 Å². The van der Waals surface area contributed by atoms with Gasteiger partial charge in [0.05, 0.1) is 39.9 Å². The first-order valence-corrected chi connectivity index (χ1v) is 25.4. The second-order valence-corrected chi connectivity index (χ2v) is 19.3. The molecule has 0 spiro atoms. The average molecular weight is 804 g/mol. The Labute approximate surface area is 342 Å². The van der Waals surface area contributed by atoms with Crippen molar-refractivity contribution in [2.45, 2.75) is 251 Å². The Morgan fingerprint density at radius 1 is 0.545 bits per heavy atom. The molecule has 0 fully saturated rings. The third-order valence-corrected chi connectivity index (χ3v) is 12.1. The number of hydrogen-bond acceptors (Lipinski definition) is 5. The first-order valence-electron chi connectivity index (χ1n) is 23.9. The summed E-state index contributed by atoms with van der Waals surface area (Å²) >= 11 is 0. The van der Waals surface area contributed by atoms with Gasteiger partial charge in [0.25, 0.3) is 0 Å². The molecule has 0 aromatic rings. The predicted octanol–water partition coefficient (Wildman–Crippen LogP) is 13.4. The number of unbranched alkanes of at least 4 members (excludes halogenated alkanes) is 31. The molecule has 0 bridgehead atoms. The normalized spacial score (nSPS) is 14.2. The lowest BCUT2D eigenvalue weighted by Gasteiger charge is -2.26. The van der Waals surface area contributed by atoms with Crippen LogP contribution in [-0.2, 0) is 18.4 Å². The summed E-state index contributed by atoms with van der Waals surface area (Å²) in [6, 6.07) is -0.752. The molecule has 0 aliphatic carbocycles. The molecule has 330 valence electrons. The van der Waals surface area contributed by atoms with E-state index in [0.29, 0.717) is 23.9 Å². The van der Waals surface area contributed by atoms with Crippen molar-refractivity contribution in [1.82, 2.24) is 5.32 Å². The van der Waals surface area contributed by atoms with E-state index in [2.05, 4.69) is 19.2 Å². The lowest BCUT2D eigenvalue weighted by Crippen LogP contribution is -2.46. The number of carbonyl (C=O) groups excluding carboxylic acids is 1. The Morgan fingerprint density at radius 3 is 1.22 bits per heavy atom. The summed E-state index contributed by atoms with van der Waals surface area (Å²) in [6.07, 6.45) is 42.7. The van der Waals surface area contributed by atoms with Crippen LogP contribution in [0.25, 0.3) is 0 Å². The quantitative estimate of drug-likeness (QED) is 0.0322. The van der Waals surface area contributed by atoms with Crippen LogP contribution in [0.5, 0.6) is 0 Å². The smallest absolute Gasteiger partial charge is 0.391 e. The van der Waals surface area contributed by atoms with E-state index < -0.39 is 20.0 Å². The predicted molar refractivity (Wildman–Crippen MR) is 236 cm³/mol. The number of quaternary nitrogens is 1. The summed E-state index contributed by atoms with van der Waals surface area (Å²) in [7, 11) is 1.63. The average Bonchev–Trinajstić information content (AvgIpc) is 3.13.